The van der Waals surface area contributed by atoms with Gasteiger partial charge in [0.2, 0.25) is 10.0 Å². The average Bonchev–Trinajstić information content (AvgIpc) is 2.53. The number of halogens is 1. The van der Waals surface area contributed by atoms with E-state index in [1.54, 1.807) is 6.07 Å². The molecule has 134 valence electrons. The highest BCUT2D eigenvalue weighted by atomic mass is 35.5. The first kappa shape index (κ1) is 19.0. The molecular weight excluding hydrogens is 354 g/mol. The number of carbonyl (C=O) groups is 1. The summed E-state index contributed by atoms with van der Waals surface area (Å²) in [4.78, 5) is 12.1. The topological polar surface area (TPSA) is 87.7 Å². The van der Waals surface area contributed by atoms with Gasteiger partial charge in [-0.25, -0.2) is 13.2 Å². The third-order valence-electron chi connectivity index (χ3n) is 3.91. The third-order valence-corrected chi connectivity index (χ3v) is 5.59. The van der Waals surface area contributed by atoms with E-state index in [0.717, 1.165) is 11.1 Å². The predicted molar refractivity (Wildman–Crippen MR) is 94.1 cm³/mol. The summed E-state index contributed by atoms with van der Waals surface area (Å²) >= 11 is 6.07. The Morgan fingerprint density at radius 1 is 1.42 bits per heavy atom. The van der Waals surface area contributed by atoms with E-state index < -0.39 is 10.0 Å². The van der Waals surface area contributed by atoms with E-state index in [4.69, 9.17) is 16.3 Å². The molecule has 1 aromatic carbocycles. The van der Waals surface area contributed by atoms with Gasteiger partial charge < -0.3 is 15.4 Å². The van der Waals surface area contributed by atoms with Crippen LogP contribution in [0.2, 0.25) is 5.02 Å². The summed E-state index contributed by atoms with van der Waals surface area (Å²) in [6.07, 6.45) is 0.793. The molecule has 1 aliphatic heterocycles. The fraction of sp³-hybridized carbons (Fsp3) is 0.533. The van der Waals surface area contributed by atoms with E-state index in [2.05, 4.69) is 10.6 Å². The largest absolute Gasteiger partial charge is 0.374 e. The zero-order valence-electron chi connectivity index (χ0n) is 13.9. The third kappa shape index (κ3) is 4.83. The standard InChI is InChI=1S/C15H22ClN3O4S/c1-10-4-5-13(16)11(2)14(10)18-15(20)17-8-12-9-19(6-7-23-12)24(3,21)22/h4-5,12H,6-9H2,1-3H3,(H2,17,18,20)/t12-/m0/s1. The minimum Gasteiger partial charge on any atom is -0.374 e. The van der Waals surface area contributed by atoms with Gasteiger partial charge in [-0.05, 0) is 31.0 Å². The number of hydrogen-bond acceptors (Lipinski definition) is 4. The number of sulfonamides is 1. The zero-order chi connectivity index (χ0) is 17.9. The van der Waals surface area contributed by atoms with Crippen LogP contribution in [-0.4, -0.2) is 57.4 Å². The van der Waals surface area contributed by atoms with Crippen LogP contribution in [0.1, 0.15) is 11.1 Å². The quantitative estimate of drug-likeness (QED) is 0.839. The van der Waals surface area contributed by atoms with Crippen molar-refractivity contribution >= 4 is 33.3 Å². The minimum absolute atomic E-state index is 0.219. The second-order valence-electron chi connectivity index (χ2n) is 5.81. The van der Waals surface area contributed by atoms with Crippen LogP contribution in [0.25, 0.3) is 0 Å². The highest BCUT2D eigenvalue weighted by Crippen LogP contribution is 2.26. The van der Waals surface area contributed by atoms with Crippen molar-refractivity contribution in [3.05, 3.63) is 28.3 Å². The number of anilines is 1. The van der Waals surface area contributed by atoms with Crippen LogP contribution in [0.4, 0.5) is 10.5 Å². The van der Waals surface area contributed by atoms with Crippen LogP contribution in [-0.2, 0) is 14.8 Å². The molecule has 0 unspecified atom stereocenters. The van der Waals surface area contributed by atoms with E-state index in [9.17, 15) is 13.2 Å². The highest BCUT2D eigenvalue weighted by Gasteiger charge is 2.26. The number of nitrogens with zero attached hydrogens (tertiary/aromatic N) is 1. The van der Waals surface area contributed by atoms with Crippen molar-refractivity contribution in [1.29, 1.82) is 0 Å². The maximum atomic E-state index is 12.1. The minimum atomic E-state index is -3.25. The van der Waals surface area contributed by atoms with Crippen LogP contribution in [0.5, 0.6) is 0 Å². The van der Waals surface area contributed by atoms with Gasteiger partial charge in [0, 0.05) is 30.3 Å². The number of nitrogens with one attached hydrogen (secondary N) is 2. The van der Waals surface area contributed by atoms with Crippen molar-refractivity contribution in [2.45, 2.75) is 20.0 Å². The number of rotatable bonds is 4. The van der Waals surface area contributed by atoms with Gasteiger partial charge in [-0.3, -0.25) is 0 Å². The van der Waals surface area contributed by atoms with E-state index >= 15 is 0 Å². The van der Waals surface area contributed by atoms with Crippen molar-refractivity contribution in [2.75, 3.05) is 37.8 Å². The Kier molecular flexibility index (Phi) is 6.08. The molecule has 0 saturated carbocycles. The van der Waals surface area contributed by atoms with E-state index in [-0.39, 0.29) is 25.2 Å². The fourth-order valence-electron chi connectivity index (χ4n) is 2.50. The summed E-state index contributed by atoms with van der Waals surface area (Å²) in [6, 6.07) is 3.23. The number of aryl methyl sites for hydroxylation is 1. The second kappa shape index (κ2) is 7.69. The Hall–Kier alpha value is -1.35. The van der Waals surface area contributed by atoms with Crippen LogP contribution >= 0.6 is 11.6 Å². The lowest BCUT2D eigenvalue weighted by molar-refractivity contribution is 0.00167. The van der Waals surface area contributed by atoms with Gasteiger partial charge in [0.15, 0.2) is 0 Å². The van der Waals surface area contributed by atoms with Crippen molar-refractivity contribution < 1.29 is 17.9 Å². The predicted octanol–water partition coefficient (Wildman–Crippen LogP) is 1.74. The number of benzene rings is 1. The molecule has 1 atom stereocenters. The molecule has 2 amide bonds. The molecule has 2 N–H and O–H groups in total. The molecule has 2 rings (SSSR count). The molecule has 0 bridgehead atoms. The monoisotopic (exact) mass is 375 g/mol. The maximum absolute atomic E-state index is 12.1. The number of hydrogen-bond donors (Lipinski definition) is 2. The molecule has 1 saturated heterocycles. The first-order valence-electron chi connectivity index (χ1n) is 7.55. The van der Waals surface area contributed by atoms with Crippen LogP contribution in [0.15, 0.2) is 12.1 Å². The lowest BCUT2D eigenvalue weighted by atomic mass is 10.1. The van der Waals surface area contributed by atoms with Crippen molar-refractivity contribution in [3.8, 4) is 0 Å². The lowest BCUT2D eigenvalue weighted by Gasteiger charge is -2.31. The molecule has 0 radical (unpaired) electrons. The summed E-state index contributed by atoms with van der Waals surface area (Å²) in [5.74, 6) is 0. The number of carbonyl (C=O) groups excluding carboxylic acids is 1. The maximum Gasteiger partial charge on any atom is 0.319 e. The zero-order valence-corrected chi connectivity index (χ0v) is 15.5. The van der Waals surface area contributed by atoms with Gasteiger partial charge in [-0.2, -0.15) is 4.31 Å². The number of amides is 2. The summed E-state index contributed by atoms with van der Waals surface area (Å²) in [5, 5.41) is 6.06. The highest BCUT2D eigenvalue weighted by molar-refractivity contribution is 7.88. The lowest BCUT2D eigenvalue weighted by Crippen LogP contribution is -2.49. The smallest absolute Gasteiger partial charge is 0.319 e. The normalized spacial score (nSPS) is 19.1. The molecule has 24 heavy (non-hydrogen) atoms. The summed E-state index contributed by atoms with van der Waals surface area (Å²) in [7, 11) is -3.25. The van der Waals surface area contributed by atoms with Crippen molar-refractivity contribution in [3.63, 3.8) is 0 Å². The fourth-order valence-corrected chi connectivity index (χ4v) is 3.50. The molecule has 1 aromatic rings. The number of morpholine rings is 1. The Labute approximate surface area is 147 Å². The van der Waals surface area contributed by atoms with Gasteiger partial charge in [0.25, 0.3) is 0 Å². The first-order chi connectivity index (χ1) is 11.2. The van der Waals surface area contributed by atoms with Gasteiger partial charge in [0.1, 0.15) is 0 Å². The van der Waals surface area contributed by atoms with Gasteiger partial charge in [0.05, 0.1) is 19.0 Å². The molecule has 7 nitrogen and oxygen atoms in total. The summed E-state index contributed by atoms with van der Waals surface area (Å²) in [6.45, 7) is 4.81. The Balaban J connectivity index is 1.91. The molecule has 9 heteroatoms. The molecule has 0 aromatic heterocycles. The van der Waals surface area contributed by atoms with Gasteiger partial charge >= 0.3 is 6.03 Å². The molecular formula is C15H22ClN3O4S. The van der Waals surface area contributed by atoms with E-state index in [1.807, 2.05) is 19.9 Å². The number of urea groups is 1. The van der Waals surface area contributed by atoms with E-state index in [0.29, 0.717) is 23.9 Å². The second-order valence-corrected chi connectivity index (χ2v) is 8.20. The molecule has 1 fully saturated rings. The average molecular weight is 376 g/mol. The van der Waals surface area contributed by atoms with E-state index in [1.165, 1.54) is 10.6 Å². The molecule has 0 spiro atoms. The summed E-state index contributed by atoms with van der Waals surface area (Å²) in [5.41, 5.74) is 2.37. The van der Waals surface area contributed by atoms with Crippen LogP contribution in [0.3, 0.4) is 0 Å². The Morgan fingerprint density at radius 2 is 2.12 bits per heavy atom. The van der Waals surface area contributed by atoms with Crippen LogP contribution in [0, 0.1) is 13.8 Å². The molecule has 0 aliphatic carbocycles. The van der Waals surface area contributed by atoms with Crippen molar-refractivity contribution in [1.82, 2.24) is 9.62 Å². The number of ether oxygens (including phenoxy) is 1. The summed E-state index contributed by atoms with van der Waals surface area (Å²) < 4.78 is 30.0. The van der Waals surface area contributed by atoms with Crippen molar-refractivity contribution in [2.24, 2.45) is 0 Å². The Bertz CT molecular complexity index is 724. The molecule has 1 aliphatic rings. The van der Waals surface area contributed by atoms with Gasteiger partial charge in [-0.1, -0.05) is 17.7 Å². The molecule has 1 heterocycles. The SMILES string of the molecule is Cc1ccc(Cl)c(C)c1NC(=O)NC[C@H]1CN(S(C)(=O)=O)CCO1. The van der Waals surface area contributed by atoms with Gasteiger partial charge in [-0.15, -0.1) is 0 Å². The van der Waals surface area contributed by atoms with Crippen LogP contribution < -0.4 is 10.6 Å². The first-order valence-corrected chi connectivity index (χ1v) is 9.78. The Morgan fingerprint density at radius 3 is 2.79 bits per heavy atom.